The summed E-state index contributed by atoms with van der Waals surface area (Å²) in [6.07, 6.45) is 0. The van der Waals surface area contributed by atoms with Gasteiger partial charge in [-0.3, -0.25) is 0 Å². The van der Waals surface area contributed by atoms with Crippen molar-refractivity contribution in [2.75, 3.05) is 0 Å². The van der Waals surface area contributed by atoms with E-state index >= 15 is 0 Å². The van der Waals surface area contributed by atoms with Crippen LogP contribution in [0.25, 0.3) is 22.9 Å². The molecule has 3 aromatic rings. The number of hydrogen-bond donors (Lipinski definition) is 0. The van der Waals surface area contributed by atoms with Gasteiger partial charge in [-0.05, 0) is 35.2 Å². The average Bonchev–Trinajstić information content (AvgIpc) is 2.96. The molecular weight excluding hydrogens is 279 g/mol. The second-order valence-electron chi connectivity index (χ2n) is 6.22. The van der Waals surface area contributed by atoms with E-state index in [9.17, 15) is 4.39 Å². The van der Waals surface area contributed by atoms with Crippen molar-refractivity contribution >= 4 is 0 Å². The Bertz CT molecular complexity index is 785. The minimum absolute atomic E-state index is 0.0890. The molecule has 3 nitrogen and oxygen atoms in total. The number of aromatic nitrogens is 2. The second kappa shape index (κ2) is 5.37. The van der Waals surface area contributed by atoms with Gasteiger partial charge in [0.2, 0.25) is 5.89 Å². The smallest absolute Gasteiger partial charge is 0.251 e. The van der Waals surface area contributed by atoms with E-state index in [1.165, 1.54) is 11.6 Å². The lowest BCUT2D eigenvalue weighted by Crippen LogP contribution is -2.10. The predicted molar refractivity (Wildman–Crippen MR) is 83.8 cm³/mol. The van der Waals surface area contributed by atoms with Crippen molar-refractivity contribution in [2.45, 2.75) is 26.2 Å². The lowest BCUT2D eigenvalue weighted by Gasteiger charge is -2.18. The van der Waals surface area contributed by atoms with Crippen LogP contribution < -0.4 is 0 Å². The summed E-state index contributed by atoms with van der Waals surface area (Å²) < 4.78 is 19.3. The molecule has 0 radical (unpaired) electrons. The number of rotatable bonds is 2. The first-order valence-corrected chi connectivity index (χ1v) is 7.14. The third-order valence-electron chi connectivity index (χ3n) is 3.53. The van der Waals surface area contributed by atoms with Crippen LogP contribution in [0.5, 0.6) is 0 Å². The number of nitrogens with zero attached hydrogens (tertiary/aromatic N) is 2. The monoisotopic (exact) mass is 296 g/mol. The lowest BCUT2D eigenvalue weighted by atomic mass is 9.87. The summed E-state index contributed by atoms with van der Waals surface area (Å²) in [5, 5.41) is 7.95. The van der Waals surface area contributed by atoms with Gasteiger partial charge in [0.05, 0.1) is 5.56 Å². The van der Waals surface area contributed by atoms with Gasteiger partial charge >= 0.3 is 0 Å². The Labute approximate surface area is 128 Å². The maximum Gasteiger partial charge on any atom is 0.251 e. The Morgan fingerprint density at radius 1 is 0.864 bits per heavy atom. The molecular formula is C18H17FN2O. The van der Waals surface area contributed by atoms with Crippen LogP contribution in [0.1, 0.15) is 26.3 Å². The van der Waals surface area contributed by atoms with Gasteiger partial charge in [0.1, 0.15) is 5.82 Å². The maximum absolute atomic E-state index is 13.7. The first kappa shape index (κ1) is 14.4. The van der Waals surface area contributed by atoms with Crippen LogP contribution in [0, 0.1) is 5.82 Å². The van der Waals surface area contributed by atoms with Crippen LogP contribution in [0.4, 0.5) is 4.39 Å². The third kappa shape index (κ3) is 2.77. The summed E-state index contributed by atoms with van der Waals surface area (Å²) in [5.41, 5.74) is 2.45. The molecule has 0 unspecified atom stereocenters. The van der Waals surface area contributed by atoms with Crippen molar-refractivity contribution in [3.63, 3.8) is 0 Å². The van der Waals surface area contributed by atoms with Crippen molar-refractivity contribution in [1.29, 1.82) is 0 Å². The molecule has 0 N–H and O–H groups in total. The minimum atomic E-state index is -0.374. The van der Waals surface area contributed by atoms with E-state index in [1.54, 1.807) is 18.2 Å². The fourth-order valence-corrected chi connectivity index (χ4v) is 2.20. The van der Waals surface area contributed by atoms with Gasteiger partial charge in [-0.15, -0.1) is 10.2 Å². The number of hydrogen-bond acceptors (Lipinski definition) is 3. The Morgan fingerprint density at radius 3 is 2.14 bits per heavy atom. The van der Waals surface area contributed by atoms with Crippen molar-refractivity contribution in [3.8, 4) is 22.9 Å². The highest BCUT2D eigenvalue weighted by molar-refractivity contribution is 5.58. The molecule has 0 bridgehead atoms. The van der Waals surface area contributed by atoms with Crippen LogP contribution in [0.2, 0.25) is 0 Å². The van der Waals surface area contributed by atoms with Crippen LogP contribution in [-0.4, -0.2) is 10.2 Å². The zero-order valence-corrected chi connectivity index (χ0v) is 12.8. The molecule has 112 valence electrons. The summed E-state index contributed by atoms with van der Waals surface area (Å²) >= 11 is 0. The van der Waals surface area contributed by atoms with E-state index in [1.807, 2.05) is 24.3 Å². The standard InChI is InChI=1S/C18H17FN2O/c1-18(2,3)13-10-8-12(9-11-13)16-20-21-17(22-16)14-6-4-5-7-15(14)19/h4-11H,1-3H3. The number of benzene rings is 2. The second-order valence-corrected chi connectivity index (χ2v) is 6.22. The van der Waals surface area contributed by atoms with E-state index in [0.717, 1.165) is 5.56 Å². The first-order chi connectivity index (χ1) is 10.4. The highest BCUT2D eigenvalue weighted by atomic mass is 19.1. The van der Waals surface area contributed by atoms with E-state index < -0.39 is 0 Å². The van der Waals surface area contributed by atoms with Crippen LogP contribution in [-0.2, 0) is 5.41 Å². The van der Waals surface area contributed by atoms with Crippen LogP contribution in [0.15, 0.2) is 52.9 Å². The van der Waals surface area contributed by atoms with Crippen molar-refractivity contribution in [1.82, 2.24) is 10.2 Å². The van der Waals surface area contributed by atoms with Gasteiger partial charge < -0.3 is 4.42 Å². The Hall–Kier alpha value is -2.49. The van der Waals surface area contributed by atoms with Crippen molar-refractivity contribution in [3.05, 3.63) is 59.9 Å². The summed E-state index contributed by atoms with van der Waals surface area (Å²) in [4.78, 5) is 0. The maximum atomic E-state index is 13.7. The highest BCUT2D eigenvalue weighted by Gasteiger charge is 2.16. The van der Waals surface area contributed by atoms with Gasteiger partial charge in [-0.25, -0.2) is 4.39 Å². The topological polar surface area (TPSA) is 38.9 Å². The molecule has 0 atom stereocenters. The molecule has 0 spiro atoms. The van der Waals surface area contributed by atoms with Gasteiger partial charge in [-0.2, -0.15) is 0 Å². The molecule has 0 aliphatic rings. The summed E-state index contributed by atoms with van der Waals surface area (Å²) in [6, 6.07) is 14.3. The molecule has 0 aliphatic heterocycles. The minimum Gasteiger partial charge on any atom is -0.416 e. The van der Waals surface area contributed by atoms with Gasteiger partial charge in [0.25, 0.3) is 5.89 Å². The van der Waals surface area contributed by atoms with Crippen molar-refractivity contribution in [2.24, 2.45) is 0 Å². The summed E-state index contributed by atoms with van der Waals surface area (Å²) in [5.74, 6) is 0.201. The molecule has 0 fully saturated rings. The Kier molecular flexibility index (Phi) is 3.53. The van der Waals surface area contributed by atoms with Crippen molar-refractivity contribution < 1.29 is 8.81 Å². The molecule has 2 aromatic carbocycles. The van der Waals surface area contributed by atoms with Gasteiger partial charge in [0, 0.05) is 5.56 Å². The molecule has 4 heteroatoms. The quantitative estimate of drug-likeness (QED) is 0.679. The summed E-state index contributed by atoms with van der Waals surface area (Å²) in [6.45, 7) is 6.47. The van der Waals surface area contributed by atoms with E-state index in [-0.39, 0.29) is 17.1 Å². The van der Waals surface area contributed by atoms with Gasteiger partial charge in [0.15, 0.2) is 0 Å². The molecule has 0 aliphatic carbocycles. The average molecular weight is 296 g/mol. The highest BCUT2D eigenvalue weighted by Crippen LogP contribution is 2.28. The molecule has 1 heterocycles. The summed E-state index contributed by atoms with van der Waals surface area (Å²) in [7, 11) is 0. The zero-order chi connectivity index (χ0) is 15.7. The molecule has 1 aromatic heterocycles. The molecule has 0 saturated carbocycles. The van der Waals surface area contributed by atoms with E-state index in [0.29, 0.717) is 11.5 Å². The Balaban J connectivity index is 1.93. The molecule has 0 saturated heterocycles. The fraction of sp³-hybridized carbons (Fsp3) is 0.222. The lowest BCUT2D eigenvalue weighted by molar-refractivity contribution is 0.570. The Morgan fingerprint density at radius 2 is 1.50 bits per heavy atom. The number of halogens is 1. The zero-order valence-electron chi connectivity index (χ0n) is 12.8. The van der Waals surface area contributed by atoms with E-state index in [4.69, 9.17) is 4.42 Å². The molecule has 3 rings (SSSR count). The van der Waals surface area contributed by atoms with Crippen LogP contribution >= 0.6 is 0 Å². The normalized spacial score (nSPS) is 11.6. The SMILES string of the molecule is CC(C)(C)c1ccc(-c2nnc(-c3ccccc3F)o2)cc1. The predicted octanol–water partition coefficient (Wildman–Crippen LogP) is 4.84. The third-order valence-corrected chi connectivity index (χ3v) is 3.53. The van der Waals surface area contributed by atoms with E-state index in [2.05, 4.69) is 31.0 Å². The fourth-order valence-electron chi connectivity index (χ4n) is 2.20. The largest absolute Gasteiger partial charge is 0.416 e. The molecule has 0 amide bonds. The van der Waals surface area contributed by atoms with Crippen LogP contribution in [0.3, 0.4) is 0 Å². The van der Waals surface area contributed by atoms with Gasteiger partial charge in [-0.1, -0.05) is 45.0 Å². The molecule has 22 heavy (non-hydrogen) atoms. The first-order valence-electron chi connectivity index (χ1n) is 7.14.